The van der Waals surface area contributed by atoms with Crippen molar-refractivity contribution >= 4 is 17.7 Å². The van der Waals surface area contributed by atoms with Gasteiger partial charge in [0.15, 0.2) is 0 Å². The molecule has 1 aliphatic heterocycles. The average Bonchev–Trinajstić information content (AvgIpc) is 3.47. The number of pyridine rings is 1. The number of primary amides is 1. The van der Waals surface area contributed by atoms with Crippen molar-refractivity contribution in [1.82, 2.24) is 15.2 Å². The molecule has 1 saturated heterocycles. The van der Waals surface area contributed by atoms with Gasteiger partial charge >= 0.3 is 0 Å². The molecule has 2 unspecified atom stereocenters. The van der Waals surface area contributed by atoms with E-state index in [1.165, 1.54) is 23.2 Å². The van der Waals surface area contributed by atoms with Gasteiger partial charge in [0.25, 0.3) is 11.8 Å². The van der Waals surface area contributed by atoms with E-state index in [9.17, 15) is 27.6 Å². The lowest BCUT2D eigenvalue weighted by Crippen LogP contribution is -2.47. The molecule has 7 nitrogen and oxygen atoms in total. The molecule has 214 valence electrons. The molecule has 1 aromatic heterocycles. The minimum atomic E-state index is -0.954. The first-order valence-corrected chi connectivity index (χ1v) is 13.4. The van der Waals surface area contributed by atoms with Gasteiger partial charge in [-0.1, -0.05) is 30.3 Å². The normalized spacial score (nSPS) is 15.3. The number of hydrogen-bond donors (Lipinski definition) is 2. The molecule has 3 N–H and O–H groups in total. The van der Waals surface area contributed by atoms with Crippen LogP contribution in [-0.4, -0.2) is 40.2 Å². The summed E-state index contributed by atoms with van der Waals surface area (Å²) in [5.74, 6) is -4.04. The average molecular weight is 573 g/mol. The fourth-order valence-corrected chi connectivity index (χ4v) is 5.30. The van der Waals surface area contributed by atoms with Gasteiger partial charge in [0, 0.05) is 29.9 Å². The van der Waals surface area contributed by atoms with Crippen LogP contribution >= 0.6 is 0 Å². The molecule has 1 fully saturated rings. The summed E-state index contributed by atoms with van der Waals surface area (Å²) in [4.78, 5) is 44.8. The van der Waals surface area contributed by atoms with E-state index in [0.717, 1.165) is 24.3 Å². The highest BCUT2D eigenvalue weighted by Crippen LogP contribution is 2.31. The van der Waals surface area contributed by atoms with E-state index in [-0.39, 0.29) is 23.5 Å². The number of halogens is 3. The van der Waals surface area contributed by atoms with Gasteiger partial charge in [-0.25, -0.2) is 13.2 Å². The number of nitrogens with two attached hydrogens (primary N) is 1. The second-order valence-electron chi connectivity index (χ2n) is 10.1. The lowest BCUT2D eigenvalue weighted by Gasteiger charge is -2.27. The number of likely N-dealkylation sites (tertiary alicyclic amines) is 1. The van der Waals surface area contributed by atoms with E-state index < -0.39 is 41.3 Å². The molecule has 0 spiro atoms. The van der Waals surface area contributed by atoms with Gasteiger partial charge < -0.3 is 16.0 Å². The minimum Gasteiger partial charge on any atom is -0.366 e. The Labute approximate surface area is 240 Å². The number of aromatic nitrogens is 1. The monoisotopic (exact) mass is 572 g/mol. The molecule has 2 heterocycles. The zero-order valence-electron chi connectivity index (χ0n) is 22.4. The van der Waals surface area contributed by atoms with Gasteiger partial charge in [-0.15, -0.1) is 0 Å². The molecule has 0 aliphatic carbocycles. The van der Waals surface area contributed by atoms with Gasteiger partial charge in [0.1, 0.15) is 23.5 Å². The number of amides is 3. The topological polar surface area (TPSA) is 105 Å². The maximum absolute atomic E-state index is 14.3. The van der Waals surface area contributed by atoms with Crippen LogP contribution in [0.3, 0.4) is 0 Å². The molecule has 10 heteroatoms. The van der Waals surface area contributed by atoms with Crippen molar-refractivity contribution in [2.24, 2.45) is 5.73 Å². The van der Waals surface area contributed by atoms with E-state index in [1.807, 2.05) is 0 Å². The largest absolute Gasteiger partial charge is 0.366 e. The zero-order chi connectivity index (χ0) is 29.8. The van der Waals surface area contributed by atoms with E-state index in [4.69, 9.17) is 5.73 Å². The predicted molar refractivity (Wildman–Crippen MR) is 150 cm³/mol. The standard InChI is InChI=1S/C32H27F3N4O3/c33-22-14-19(15-23(34)18-22)16-27(29-24(8-4-12-37-29)21-10-11-26(35)25(17-21)30(36)40)38-31(41)28-9-5-13-39(28)32(42)20-6-2-1-3-7-20/h1-4,6-8,10-12,14-15,17-18,27-28H,5,9,13,16H2,(H2,36,40)(H,38,41). The Bertz CT molecular complexity index is 1630. The maximum Gasteiger partial charge on any atom is 0.254 e. The van der Waals surface area contributed by atoms with Crippen molar-refractivity contribution < 1.29 is 27.6 Å². The molecule has 4 aromatic rings. The number of hydrogen-bond acceptors (Lipinski definition) is 4. The molecule has 3 amide bonds. The van der Waals surface area contributed by atoms with E-state index in [0.29, 0.717) is 41.8 Å². The summed E-state index contributed by atoms with van der Waals surface area (Å²) in [6.45, 7) is 0.395. The fourth-order valence-electron chi connectivity index (χ4n) is 5.30. The molecule has 0 radical (unpaired) electrons. The SMILES string of the molecule is NC(=O)c1cc(-c2cccnc2C(Cc2cc(F)cc(F)c2)NC(=O)C2CCCN2C(=O)c2ccccc2)ccc1F. The smallest absolute Gasteiger partial charge is 0.254 e. The Kier molecular flexibility index (Phi) is 8.33. The zero-order valence-corrected chi connectivity index (χ0v) is 22.4. The summed E-state index contributed by atoms with van der Waals surface area (Å²) in [5.41, 5.74) is 6.91. The third kappa shape index (κ3) is 6.17. The Hall–Kier alpha value is -4.99. The second-order valence-corrected chi connectivity index (χ2v) is 10.1. The third-order valence-electron chi connectivity index (χ3n) is 7.23. The first kappa shape index (κ1) is 28.5. The number of nitrogens with one attached hydrogen (secondary N) is 1. The second kappa shape index (κ2) is 12.3. The van der Waals surface area contributed by atoms with Crippen LogP contribution in [-0.2, 0) is 11.2 Å². The van der Waals surface area contributed by atoms with E-state index >= 15 is 0 Å². The lowest BCUT2D eigenvalue weighted by molar-refractivity contribution is -0.125. The Morgan fingerprint density at radius 1 is 0.952 bits per heavy atom. The molecule has 5 rings (SSSR count). The molecular weight excluding hydrogens is 545 g/mol. The highest BCUT2D eigenvalue weighted by Gasteiger charge is 2.36. The van der Waals surface area contributed by atoms with Gasteiger partial charge in [0.2, 0.25) is 5.91 Å². The molecule has 2 atom stereocenters. The van der Waals surface area contributed by atoms with Gasteiger partial charge in [-0.2, -0.15) is 0 Å². The number of rotatable bonds is 8. The van der Waals surface area contributed by atoms with Crippen LogP contribution in [0.25, 0.3) is 11.1 Å². The molecule has 42 heavy (non-hydrogen) atoms. The first-order chi connectivity index (χ1) is 20.2. The number of nitrogens with zero attached hydrogens (tertiary/aromatic N) is 2. The number of carbonyl (C=O) groups excluding carboxylic acids is 3. The Morgan fingerprint density at radius 3 is 2.40 bits per heavy atom. The first-order valence-electron chi connectivity index (χ1n) is 13.4. The molecule has 0 saturated carbocycles. The summed E-state index contributed by atoms with van der Waals surface area (Å²) < 4.78 is 42.5. The molecule has 3 aromatic carbocycles. The van der Waals surface area contributed by atoms with E-state index in [1.54, 1.807) is 42.5 Å². The van der Waals surface area contributed by atoms with E-state index in [2.05, 4.69) is 10.3 Å². The van der Waals surface area contributed by atoms with Crippen molar-refractivity contribution in [1.29, 1.82) is 0 Å². The highest BCUT2D eigenvalue weighted by atomic mass is 19.1. The molecule has 0 bridgehead atoms. The quantitative estimate of drug-likeness (QED) is 0.311. The van der Waals surface area contributed by atoms with Crippen LogP contribution in [0.1, 0.15) is 50.9 Å². The van der Waals surface area contributed by atoms with Crippen molar-refractivity contribution in [3.8, 4) is 11.1 Å². The molecular formula is C32H27F3N4O3. The van der Waals surface area contributed by atoms with Crippen molar-refractivity contribution in [3.63, 3.8) is 0 Å². The summed E-state index contributed by atoms with van der Waals surface area (Å²) >= 11 is 0. The Morgan fingerprint density at radius 2 is 1.69 bits per heavy atom. The van der Waals surface area contributed by atoms with Crippen LogP contribution in [0.2, 0.25) is 0 Å². The minimum absolute atomic E-state index is 0.0480. The summed E-state index contributed by atoms with van der Waals surface area (Å²) in [6.07, 6.45) is 2.49. The van der Waals surface area contributed by atoms with Gasteiger partial charge in [-0.3, -0.25) is 19.4 Å². The van der Waals surface area contributed by atoms with Crippen LogP contribution in [0, 0.1) is 17.5 Å². The number of carbonyl (C=O) groups is 3. The van der Waals surface area contributed by atoms with Crippen LogP contribution in [0.5, 0.6) is 0 Å². The van der Waals surface area contributed by atoms with Crippen molar-refractivity contribution in [2.75, 3.05) is 6.54 Å². The van der Waals surface area contributed by atoms with Crippen molar-refractivity contribution in [2.45, 2.75) is 31.3 Å². The van der Waals surface area contributed by atoms with Crippen LogP contribution in [0.4, 0.5) is 13.2 Å². The highest BCUT2D eigenvalue weighted by molar-refractivity contribution is 5.98. The van der Waals surface area contributed by atoms with Crippen LogP contribution in [0.15, 0.2) is 85.1 Å². The van der Waals surface area contributed by atoms with Gasteiger partial charge in [0.05, 0.1) is 17.3 Å². The molecule has 1 aliphatic rings. The fraction of sp³-hybridized carbons (Fsp3) is 0.188. The summed E-state index contributed by atoms with van der Waals surface area (Å²) in [7, 11) is 0. The number of benzene rings is 3. The Balaban J connectivity index is 1.52. The van der Waals surface area contributed by atoms with Gasteiger partial charge in [-0.05, 0) is 72.9 Å². The predicted octanol–water partition coefficient (Wildman–Crippen LogP) is 4.97. The summed E-state index contributed by atoms with van der Waals surface area (Å²) in [6, 6.07) is 17.2. The summed E-state index contributed by atoms with van der Waals surface area (Å²) in [5, 5.41) is 2.95. The lowest BCUT2D eigenvalue weighted by atomic mass is 9.94. The van der Waals surface area contributed by atoms with Crippen LogP contribution < -0.4 is 11.1 Å². The maximum atomic E-state index is 14.3. The van der Waals surface area contributed by atoms with Crippen molar-refractivity contribution in [3.05, 3.63) is 125 Å². The third-order valence-corrected chi connectivity index (χ3v) is 7.23.